The molecular formula is C12H19N3O. The van der Waals surface area contributed by atoms with E-state index in [1.54, 1.807) is 7.11 Å². The first-order chi connectivity index (χ1) is 7.61. The standard InChI is InChI=1S/C12H19N3O/c1-8-11(15(3)7-10-5-6-10)13-9(2)14-12(8)16-4/h10H,5-7H2,1-4H3. The molecule has 0 aliphatic heterocycles. The minimum Gasteiger partial charge on any atom is -0.481 e. The molecule has 0 aromatic carbocycles. The number of ether oxygens (including phenoxy) is 1. The quantitative estimate of drug-likeness (QED) is 0.779. The van der Waals surface area contributed by atoms with E-state index in [0.29, 0.717) is 5.88 Å². The van der Waals surface area contributed by atoms with Crippen LogP contribution in [0.15, 0.2) is 0 Å². The number of anilines is 1. The Morgan fingerprint density at radius 3 is 2.56 bits per heavy atom. The van der Waals surface area contributed by atoms with Gasteiger partial charge in [0.25, 0.3) is 0 Å². The predicted molar refractivity (Wildman–Crippen MR) is 64.1 cm³/mol. The van der Waals surface area contributed by atoms with Gasteiger partial charge in [-0.25, -0.2) is 4.98 Å². The second-order valence-corrected chi connectivity index (χ2v) is 4.55. The molecule has 88 valence electrons. The molecule has 0 radical (unpaired) electrons. The largest absolute Gasteiger partial charge is 0.481 e. The van der Waals surface area contributed by atoms with E-state index in [0.717, 1.165) is 29.7 Å². The summed E-state index contributed by atoms with van der Waals surface area (Å²) in [6.07, 6.45) is 2.70. The van der Waals surface area contributed by atoms with Crippen molar-refractivity contribution in [2.45, 2.75) is 26.7 Å². The molecule has 4 nitrogen and oxygen atoms in total. The molecular weight excluding hydrogens is 202 g/mol. The number of aromatic nitrogens is 2. The number of nitrogens with zero attached hydrogens (tertiary/aromatic N) is 3. The Labute approximate surface area is 96.7 Å². The maximum Gasteiger partial charge on any atom is 0.221 e. The van der Waals surface area contributed by atoms with Gasteiger partial charge < -0.3 is 9.64 Å². The van der Waals surface area contributed by atoms with Gasteiger partial charge in [-0.3, -0.25) is 0 Å². The summed E-state index contributed by atoms with van der Waals surface area (Å²) >= 11 is 0. The summed E-state index contributed by atoms with van der Waals surface area (Å²) in [4.78, 5) is 11.0. The zero-order chi connectivity index (χ0) is 11.7. The summed E-state index contributed by atoms with van der Waals surface area (Å²) in [5.41, 5.74) is 1.02. The summed E-state index contributed by atoms with van der Waals surface area (Å²) in [5, 5.41) is 0. The van der Waals surface area contributed by atoms with Crippen LogP contribution in [0, 0.1) is 19.8 Å². The molecule has 0 amide bonds. The van der Waals surface area contributed by atoms with Gasteiger partial charge >= 0.3 is 0 Å². The van der Waals surface area contributed by atoms with E-state index < -0.39 is 0 Å². The fraction of sp³-hybridized carbons (Fsp3) is 0.667. The second kappa shape index (κ2) is 4.28. The van der Waals surface area contributed by atoms with E-state index in [1.807, 2.05) is 13.8 Å². The van der Waals surface area contributed by atoms with Crippen molar-refractivity contribution in [3.05, 3.63) is 11.4 Å². The fourth-order valence-corrected chi connectivity index (χ4v) is 1.93. The van der Waals surface area contributed by atoms with Crippen LogP contribution in [0.5, 0.6) is 5.88 Å². The molecule has 1 aliphatic carbocycles. The Hall–Kier alpha value is -1.32. The zero-order valence-electron chi connectivity index (χ0n) is 10.4. The Kier molecular flexibility index (Phi) is 2.99. The Bertz CT molecular complexity index is 388. The van der Waals surface area contributed by atoms with Gasteiger partial charge in [-0.05, 0) is 32.6 Å². The van der Waals surface area contributed by atoms with Crippen LogP contribution < -0.4 is 9.64 Å². The van der Waals surface area contributed by atoms with Crippen molar-refractivity contribution in [3.8, 4) is 5.88 Å². The minimum absolute atomic E-state index is 0.685. The first kappa shape index (κ1) is 11.2. The summed E-state index contributed by atoms with van der Waals surface area (Å²) in [7, 11) is 3.74. The molecule has 4 heteroatoms. The molecule has 1 saturated carbocycles. The fourth-order valence-electron chi connectivity index (χ4n) is 1.93. The van der Waals surface area contributed by atoms with Crippen molar-refractivity contribution in [1.29, 1.82) is 0 Å². The molecule has 1 aromatic rings. The van der Waals surface area contributed by atoms with Crippen LogP contribution in [0.1, 0.15) is 24.2 Å². The highest BCUT2D eigenvalue weighted by atomic mass is 16.5. The van der Waals surface area contributed by atoms with Gasteiger partial charge in [0.15, 0.2) is 0 Å². The van der Waals surface area contributed by atoms with Crippen LogP contribution in [0.4, 0.5) is 5.82 Å². The van der Waals surface area contributed by atoms with Crippen LogP contribution in [0.3, 0.4) is 0 Å². The summed E-state index contributed by atoms with van der Waals surface area (Å²) in [6.45, 7) is 4.99. The average Bonchev–Trinajstić information content (AvgIpc) is 3.04. The lowest BCUT2D eigenvalue weighted by atomic mass is 10.3. The lowest BCUT2D eigenvalue weighted by Gasteiger charge is -2.21. The topological polar surface area (TPSA) is 38.3 Å². The maximum absolute atomic E-state index is 5.26. The number of rotatable bonds is 4. The van der Waals surface area contributed by atoms with Gasteiger partial charge in [-0.2, -0.15) is 4.98 Å². The molecule has 0 N–H and O–H groups in total. The van der Waals surface area contributed by atoms with Gasteiger partial charge in [-0.1, -0.05) is 0 Å². The summed E-state index contributed by atoms with van der Waals surface area (Å²) in [5.74, 6) is 3.30. The van der Waals surface area contributed by atoms with E-state index in [-0.39, 0.29) is 0 Å². The van der Waals surface area contributed by atoms with Gasteiger partial charge in [0, 0.05) is 13.6 Å². The SMILES string of the molecule is COc1nc(C)nc(N(C)CC2CC2)c1C. The smallest absolute Gasteiger partial charge is 0.221 e. The van der Waals surface area contributed by atoms with Crippen molar-refractivity contribution >= 4 is 5.82 Å². The minimum atomic E-state index is 0.685. The highest BCUT2D eigenvalue weighted by Gasteiger charge is 2.24. The zero-order valence-corrected chi connectivity index (χ0v) is 10.4. The van der Waals surface area contributed by atoms with Crippen LogP contribution in [0.25, 0.3) is 0 Å². The lowest BCUT2D eigenvalue weighted by molar-refractivity contribution is 0.392. The monoisotopic (exact) mass is 221 g/mol. The molecule has 0 bridgehead atoms. The molecule has 0 spiro atoms. The van der Waals surface area contributed by atoms with Crippen molar-refractivity contribution in [2.24, 2.45) is 5.92 Å². The number of methoxy groups -OCH3 is 1. The first-order valence-corrected chi connectivity index (χ1v) is 5.72. The molecule has 1 aliphatic rings. The van der Waals surface area contributed by atoms with Gasteiger partial charge in [0.1, 0.15) is 11.6 Å². The third kappa shape index (κ3) is 2.26. The molecule has 1 fully saturated rings. The summed E-state index contributed by atoms with van der Waals surface area (Å²) in [6, 6.07) is 0. The molecule has 1 aromatic heterocycles. The molecule has 0 unspecified atom stereocenters. The number of aryl methyl sites for hydroxylation is 1. The van der Waals surface area contributed by atoms with E-state index in [4.69, 9.17) is 4.74 Å². The first-order valence-electron chi connectivity index (χ1n) is 5.72. The molecule has 0 saturated heterocycles. The normalized spacial score (nSPS) is 15.0. The van der Waals surface area contributed by atoms with Crippen molar-refractivity contribution in [3.63, 3.8) is 0 Å². The average molecular weight is 221 g/mol. The second-order valence-electron chi connectivity index (χ2n) is 4.55. The van der Waals surface area contributed by atoms with E-state index in [2.05, 4.69) is 21.9 Å². The highest BCUT2D eigenvalue weighted by molar-refractivity contribution is 5.50. The van der Waals surface area contributed by atoms with Crippen LogP contribution >= 0.6 is 0 Å². The lowest BCUT2D eigenvalue weighted by Crippen LogP contribution is -2.23. The van der Waals surface area contributed by atoms with Gasteiger partial charge in [0.05, 0.1) is 12.7 Å². The van der Waals surface area contributed by atoms with Crippen molar-refractivity contribution < 1.29 is 4.74 Å². The van der Waals surface area contributed by atoms with E-state index in [1.165, 1.54) is 12.8 Å². The summed E-state index contributed by atoms with van der Waals surface area (Å²) < 4.78 is 5.26. The van der Waals surface area contributed by atoms with Crippen molar-refractivity contribution in [1.82, 2.24) is 9.97 Å². The molecule has 1 heterocycles. The molecule has 2 rings (SSSR count). The third-order valence-electron chi connectivity index (χ3n) is 2.97. The van der Waals surface area contributed by atoms with Gasteiger partial charge in [-0.15, -0.1) is 0 Å². The Balaban J connectivity index is 2.26. The van der Waals surface area contributed by atoms with Gasteiger partial charge in [0.2, 0.25) is 5.88 Å². The van der Waals surface area contributed by atoms with Crippen molar-refractivity contribution in [2.75, 3.05) is 25.6 Å². The number of hydrogen-bond acceptors (Lipinski definition) is 4. The van der Waals surface area contributed by atoms with Crippen LogP contribution in [0.2, 0.25) is 0 Å². The highest BCUT2D eigenvalue weighted by Crippen LogP contribution is 2.32. The Morgan fingerprint density at radius 2 is 2.00 bits per heavy atom. The maximum atomic E-state index is 5.26. The van der Waals surface area contributed by atoms with E-state index >= 15 is 0 Å². The van der Waals surface area contributed by atoms with E-state index in [9.17, 15) is 0 Å². The molecule has 0 atom stereocenters. The number of hydrogen-bond donors (Lipinski definition) is 0. The van der Waals surface area contributed by atoms with Crippen LogP contribution in [-0.2, 0) is 0 Å². The predicted octanol–water partition coefficient (Wildman–Crippen LogP) is 1.95. The molecule has 16 heavy (non-hydrogen) atoms. The Morgan fingerprint density at radius 1 is 1.31 bits per heavy atom. The third-order valence-corrected chi connectivity index (χ3v) is 2.97. The van der Waals surface area contributed by atoms with Crippen LogP contribution in [-0.4, -0.2) is 30.7 Å².